The molecule has 0 saturated heterocycles. The van der Waals surface area contributed by atoms with E-state index in [0.29, 0.717) is 10.8 Å². The van der Waals surface area contributed by atoms with Crippen molar-refractivity contribution in [1.82, 2.24) is 10.3 Å². The van der Waals surface area contributed by atoms with Crippen LogP contribution >= 0.6 is 34.7 Å². The molecule has 0 aliphatic carbocycles. The SMILES string of the molecule is Cc1csc(SCC(=O)NC(C)c2cccc(Cl)c2)n1. The minimum Gasteiger partial charge on any atom is -0.349 e. The van der Waals surface area contributed by atoms with Crippen molar-refractivity contribution < 1.29 is 4.79 Å². The second kappa shape index (κ2) is 7.11. The summed E-state index contributed by atoms with van der Waals surface area (Å²) in [6, 6.07) is 7.46. The van der Waals surface area contributed by atoms with E-state index in [0.717, 1.165) is 15.6 Å². The Labute approximate surface area is 131 Å². The van der Waals surface area contributed by atoms with E-state index < -0.39 is 0 Å². The van der Waals surface area contributed by atoms with Gasteiger partial charge in [0.2, 0.25) is 5.91 Å². The van der Waals surface area contributed by atoms with Gasteiger partial charge >= 0.3 is 0 Å². The molecule has 1 heterocycles. The summed E-state index contributed by atoms with van der Waals surface area (Å²) >= 11 is 8.97. The molecule has 1 N–H and O–H groups in total. The van der Waals surface area contributed by atoms with Crippen molar-refractivity contribution in [2.24, 2.45) is 0 Å². The van der Waals surface area contributed by atoms with Crippen LogP contribution in [0.5, 0.6) is 0 Å². The number of rotatable bonds is 5. The zero-order chi connectivity index (χ0) is 14.5. The van der Waals surface area contributed by atoms with E-state index in [1.807, 2.05) is 43.5 Å². The Balaban J connectivity index is 1.85. The maximum absolute atomic E-state index is 11.9. The summed E-state index contributed by atoms with van der Waals surface area (Å²) in [5, 5.41) is 5.62. The van der Waals surface area contributed by atoms with Gasteiger partial charge in [-0.15, -0.1) is 11.3 Å². The molecule has 0 saturated carbocycles. The first-order valence-electron chi connectivity index (χ1n) is 6.14. The van der Waals surface area contributed by atoms with E-state index in [1.165, 1.54) is 11.8 Å². The first kappa shape index (κ1) is 15.4. The third-order valence-corrected chi connectivity index (χ3v) is 5.02. The Kier molecular flexibility index (Phi) is 5.46. The van der Waals surface area contributed by atoms with Gasteiger partial charge in [0, 0.05) is 16.1 Å². The highest BCUT2D eigenvalue weighted by molar-refractivity contribution is 8.01. The van der Waals surface area contributed by atoms with Crippen LogP contribution in [0.2, 0.25) is 5.02 Å². The van der Waals surface area contributed by atoms with Crippen LogP contribution in [0.4, 0.5) is 0 Å². The van der Waals surface area contributed by atoms with E-state index in [4.69, 9.17) is 11.6 Å². The average Bonchev–Trinajstić information content (AvgIpc) is 2.82. The Morgan fingerprint density at radius 3 is 3.00 bits per heavy atom. The van der Waals surface area contributed by atoms with Crippen LogP contribution in [0.15, 0.2) is 34.0 Å². The topological polar surface area (TPSA) is 42.0 Å². The highest BCUT2D eigenvalue weighted by atomic mass is 35.5. The van der Waals surface area contributed by atoms with Crippen LogP contribution in [0.1, 0.15) is 24.2 Å². The van der Waals surface area contributed by atoms with Crippen molar-refractivity contribution in [3.8, 4) is 0 Å². The summed E-state index contributed by atoms with van der Waals surface area (Å²) in [6.45, 7) is 3.89. The van der Waals surface area contributed by atoms with Gasteiger partial charge < -0.3 is 5.32 Å². The first-order chi connectivity index (χ1) is 9.54. The van der Waals surface area contributed by atoms with E-state index in [9.17, 15) is 4.79 Å². The number of amides is 1. The third-order valence-electron chi connectivity index (χ3n) is 2.65. The molecule has 0 fully saturated rings. The lowest BCUT2D eigenvalue weighted by atomic mass is 10.1. The maximum Gasteiger partial charge on any atom is 0.230 e. The van der Waals surface area contributed by atoms with E-state index >= 15 is 0 Å². The van der Waals surface area contributed by atoms with Gasteiger partial charge in [0.15, 0.2) is 4.34 Å². The second-order valence-electron chi connectivity index (χ2n) is 4.39. The predicted octanol–water partition coefficient (Wildman–Crippen LogP) is 4.07. The molecule has 1 aromatic heterocycles. The first-order valence-corrected chi connectivity index (χ1v) is 8.38. The van der Waals surface area contributed by atoms with Crippen molar-refractivity contribution in [2.75, 3.05) is 5.75 Å². The van der Waals surface area contributed by atoms with Crippen molar-refractivity contribution >= 4 is 40.6 Å². The summed E-state index contributed by atoms with van der Waals surface area (Å²) < 4.78 is 0.924. The fourth-order valence-corrected chi connectivity index (χ4v) is 3.53. The van der Waals surface area contributed by atoms with E-state index in [2.05, 4.69) is 10.3 Å². The molecule has 106 valence electrons. The molecular weight excluding hydrogens is 312 g/mol. The van der Waals surface area contributed by atoms with Crippen molar-refractivity contribution in [1.29, 1.82) is 0 Å². The van der Waals surface area contributed by atoms with Crippen molar-refractivity contribution in [3.05, 3.63) is 45.9 Å². The molecule has 6 heteroatoms. The summed E-state index contributed by atoms with van der Waals surface area (Å²) in [5.74, 6) is 0.369. The molecule has 0 radical (unpaired) electrons. The zero-order valence-corrected chi connectivity index (χ0v) is 13.6. The van der Waals surface area contributed by atoms with Crippen LogP contribution in [-0.4, -0.2) is 16.6 Å². The molecule has 20 heavy (non-hydrogen) atoms. The molecule has 2 aromatic rings. The molecule has 1 unspecified atom stereocenters. The number of carbonyl (C=O) groups is 1. The minimum absolute atomic E-state index is 0.00433. The number of hydrogen-bond donors (Lipinski definition) is 1. The minimum atomic E-state index is -0.0557. The number of carbonyl (C=O) groups excluding carboxylic acids is 1. The standard InChI is InChI=1S/C14H15ClN2OS2/c1-9-7-19-14(16-9)20-8-13(18)17-10(2)11-4-3-5-12(15)6-11/h3-7,10H,8H2,1-2H3,(H,17,18). The van der Waals surface area contributed by atoms with Gasteiger partial charge in [0.05, 0.1) is 11.8 Å². The molecule has 1 aromatic carbocycles. The van der Waals surface area contributed by atoms with Crippen molar-refractivity contribution in [3.63, 3.8) is 0 Å². The number of nitrogens with zero attached hydrogens (tertiary/aromatic N) is 1. The number of nitrogens with one attached hydrogen (secondary N) is 1. The fraction of sp³-hybridized carbons (Fsp3) is 0.286. The highest BCUT2D eigenvalue weighted by Crippen LogP contribution is 2.22. The van der Waals surface area contributed by atoms with Crippen LogP contribution in [0.3, 0.4) is 0 Å². The molecule has 1 atom stereocenters. The molecule has 2 rings (SSSR count). The predicted molar refractivity (Wildman–Crippen MR) is 85.6 cm³/mol. The Morgan fingerprint density at radius 2 is 2.35 bits per heavy atom. The summed E-state index contributed by atoms with van der Waals surface area (Å²) in [5.41, 5.74) is 1.99. The zero-order valence-electron chi connectivity index (χ0n) is 11.2. The molecule has 0 aliphatic heterocycles. The molecule has 3 nitrogen and oxygen atoms in total. The number of halogens is 1. The average molecular weight is 327 g/mol. The Bertz CT molecular complexity index is 600. The van der Waals surface area contributed by atoms with Crippen LogP contribution in [0.25, 0.3) is 0 Å². The largest absolute Gasteiger partial charge is 0.349 e. The second-order valence-corrected chi connectivity index (χ2v) is 6.90. The number of hydrogen-bond acceptors (Lipinski definition) is 4. The maximum atomic E-state index is 11.9. The highest BCUT2D eigenvalue weighted by Gasteiger charge is 2.11. The quantitative estimate of drug-likeness (QED) is 0.842. The molecular formula is C14H15ClN2OS2. The number of aryl methyl sites for hydroxylation is 1. The Morgan fingerprint density at radius 1 is 1.55 bits per heavy atom. The van der Waals surface area contributed by atoms with Gasteiger partial charge in [-0.1, -0.05) is 35.5 Å². The number of aromatic nitrogens is 1. The van der Waals surface area contributed by atoms with Gasteiger partial charge in [-0.3, -0.25) is 4.79 Å². The lowest BCUT2D eigenvalue weighted by Crippen LogP contribution is -2.28. The van der Waals surface area contributed by atoms with Gasteiger partial charge in [-0.2, -0.15) is 0 Å². The van der Waals surface area contributed by atoms with Crippen LogP contribution < -0.4 is 5.32 Å². The number of thioether (sulfide) groups is 1. The number of benzene rings is 1. The van der Waals surface area contributed by atoms with Gasteiger partial charge in [0.1, 0.15) is 0 Å². The summed E-state index contributed by atoms with van der Waals surface area (Å²) in [6.07, 6.45) is 0. The molecule has 0 bridgehead atoms. The van der Waals surface area contributed by atoms with Crippen LogP contribution in [0, 0.1) is 6.92 Å². The molecule has 0 spiro atoms. The Hall–Kier alpha value is -1.04. The van der Waals surface area contributed by atoms with Crippen molar-refractivity contribution in [2.45, 2.75) is 24.2 Å². The lowest BCUT2D eigenvalue weighted by molar-refractivity contribution is -0.119. The molecule has 0 aliphatic rings. The van der Waals surface area contributed by atoms with Gasteiger partial charge in [-0.05, 0) is 31.5 Å². The van der Waals surface area contributed by atoms with Crippen LogP contribution in [-0.2, 0) is 4.79 Å². The third kappa shape index (κ3) is 4.51. The normalized spacial score (nSPS) is 12.2. The lowest BCUT2D eigenvalue weighted by Gasteiger charge is -2.14. The van der Waals surface area contributed by atoms with E-state index in [1.54, 1.807) is 11.3 Å². The van der Waals surface area contributed by atoms with Gasteiger partial charge in [-0.25, -0.2) is 4.98 Å². The van der Waals surface area contributed by atoms with Gasteiger partial charge in [0.25, 0.3) is 0 Å². The van der Waals surface area contributed by atoms with E-state index in [-0.39, 0.29) is 11.9 Å². The smallest absolute Gasteiger partial charge is 0.230 e. The summed E-state index contributed by atoms with van der Waals surface area (Å²) in [7, 11) is 0. The fourth-order valence-electron chi connectivity index (χ4n) is 1.67. The number of thiazole rings is 1. The molecule has 1 amide bonds. The summed E-state index contributed by atoms with van der Waals surface area (Å²) in [4.78, 5) is 16.2. The monoisotopic (exact) mass is 326 g/mol.